The molecule has 0 radical (unpaired) electrons. The monoisotopic (exact) mass is 348 g/mol. The number of ketones is 1. The maximum Gasteiger partial charge on any atom is 0.419 e. The minimum atomic E-state index is -4.96. The summed E-state index contributed by atoms with van der Waals surface area (Å²) in [6, 6.07) is 9.98. The average Bonchev–Trinajstić information content (AvgIpc) is 2.98. The number of benzene rings is 2. The lowest BCUT2D eigenvalue weighted by atomic mass is 9.97. The number of hydrogen-bond acceptors (Lipinski definition) is 4. The highest BCUT2D eigenvalue weighted by Gasteiger charge is 2.36. The zero-order valence-corrected chi connectivity index (χ0v) is 12.3. The predicted octanol–water partition coefficient (Wildman–Crippen LogP) is 4.48. The molecule has 2 aromatic carbocycles. The molecule has 0 saturated heterocycles. The third-order valence-corrected chi connectivity index (χ3v) is 3.50. The summed E-state index contributed by atoms with van der Waals surface area (Å²) in [4.78, 5) is 16.4. The highest BCUT2D eigenvalue weighted by Crippen LogP contribution is 2.33. The van der Waals surface area contributed by atoms with Crippen molar-refractivity contribution in [1.82, 2.24) is 4.98 Å². The molecule has 0 bridgehead atoms. The normalized spacial score (nSPS) is 12.8. The lowest BCUT2D eigenvalue weighted by Gasteiger charge is -2.10. The SMILES string of the molecule is N#C[C@H](C(=O)c1ccc(F)c(C(F)(F)F)c1)c1nc2ccccc2o1. The van der Waals surface area contributed by atoms with Crippen molar-refractivity contribution >= 4 is 16.9 Å². The summed E-state index contributed by atoms with van der Waals surface area (Å²) in [5, 5.41) is 9.25. The smallest absolute Gasteiger partial charge is 0.419 e. The van der Waals surface area contributed by atoms with Crippen molar-refractivity contribution in [3.63, 3.8) is 0 Å². The van der Waals surface area contributed by atoms with Gasteiger partial charge in [-0.05, 0) is 30.3 Å². The van der Waals surface area contributed by atoms with E-state index in [-0.39, 0.29) is 5.89 Å². The zero-order chi connectivity index (χ0) is 18.2. The first-order chi connectivity index (χ1) is 11.8. The van der Waals surface area contributed by atoms with Crippen LogP contribution in [0.25, 0.3) is 11.1 Å². The van der Waals surface area contributed by atoms with E-state index in [4.69, 9.17) is 4.42 Å². The van der Waals surface area contributed by atoms with Gasteiger partial charge in [0.25, 0.3) is 0 Å². The van der Waals surface area contributed by atoms with E-state index in [1.165, 1.54) is 0 Å². The van der Waals surface area contributed by atoms with Crippen LogP contribution in [0, 0.1) is 17.1 Å². The first-order valence-electron chi connectivity index (χ1n) is 6.97. The van der Waals surface area contributed by atoms with Crippen molar-refractivity contribution < 1.29 is 26.8 Å². The number of nitriles is 1. The Hall–Kier alpha value is -3.21. The molecule has 0 N–H and O–H groups in total. The lowest BCUT2D eigenvalue weighted by Crippen LogP contribution is -2.15. The van der Waals surface area contributed by atoms with Crippen molar-refractivity contribution in [2.75, 3.05) is 0 Å². The second-order valence-electron chi connectivity index (χ2n) is 5.14. The number of carbonyl (C=O) groups excluding carboxylic acids is 1. The molecule has 0 amide bonds. The summed E-state index contributed by atoms with van der Waals surface area (Å²) in [7, 11) is 0. The fourth-order valence-electron chi connectivity index (χ4n) is 2.30. The number of halogens is 4. The van der Waals surface area contributed by atoms with Crippen LogP contribution in [0.1, 0.15) is 27.7 Å². The number of oxazole rings is 1. The summed E-state index contributed by atoms with van der Waals surface area (Å²) in [5.74, 6) is -4.23. The minimum Gasteiger partial charge on any atom is -0.439 e. The molecule has 0 unspecified atom stereocenters. The Balaban J connectivity index is 2.02. The first-order valence-corrected chi connectivity index (χ1v) is 6.97. The van der Waals surface area contributed by atoms with Gasteiger partial charge in [0.15, 0.2) is 17.3 Å². The number of para-hydroxylation sites is 2. The molecule has 0 spiro atoms. The van der Waals surface area contributed by atoms with E-state index in [0.29, 0.717) is 23.2 Å². The minimum absolute atomic E-state index is 0.230. The van der Waals surface area contributed by atoms with Gasteiger partial charge in [0, 0.05) is 5.56 Å². The number of hydrogen-bond donors (Lipinski definition) is 0. The van der Waals surface area contributed by atoms with Gasteiger partial charge in [0.1, 0.15) is 11.3 Å². The number of fused-ring (bicyclic) bond motifs is 1. The van der Waals surface area contributed by atoms with E-state index in [1.54, 1.807) is 30.3 Å². The van der Waals surface area contributed by atoms with Gasteiger partial charge in [-0.1, -0.05) is 12.1 Å². The molecule has 0 saturated carbocycles. The van der Waals surface area contributed by atoms with E-state index >= 15 is 0 Å². The fraction of sp³-hybridized carbons (Fsp3) is 0.118. The zero-order valence-electron chi connectivity index (χ0n) is 12.3. The summed E-state index contributed by atoms with van der Waals surface area (Å²) in [6.45, 7) is 0. The molecule has 126 valence electrons. The van der Waals surface area contributed by atoms with E-state index in [1.807, 2.05) is 0 Å². The highest BCUT2D eigenvalue weighted by molar-refractivity contribution is 6.02. The topological polar surface area (TPSA) is 66.9 Å². The highest BCUT2D eigenvalue weighted by atomic mass is 19.4. The number of Topliss-reactive ketones (excluding diaryl/α,β-unsaturated/α-hetero) is 1. The fourth-order valence-corrected chi connectivity index (χ4v) is 2.30. The molecule has 8 heteroatoms. The summed E-state index contributed by atoms with van der Waals surface area (Å²) < 4.78 is 57.1. The van der Waals surface area contributed by atoms with Crippen molar-refractivity contribution in [3.05, 3.63) is 65.3 Å². The Morgan fingerprint density at radius 3 is 2.56 bits per heavy atom. The van der Waals surface area contributed by atoms with Crippen molar-refractivity contribution in [3.8, 4) is 6.07 Å². The maximum atomic E-state index is 13.3. The van der Waals surface area contributed by atoms with E-state index in [0.717, 1.165) is 6.07 Å². The van der Waals surface area contributed by atoms with Gasteiger partial charge in [-0.25, -0.2) is 9.37 Å². The Morgan fingerprint density at radius 2 is 1.92 bits per heavy atom. The second kappa shape index (κ2) is 6.02. The molecular weight excluding hydrogens is 340 g/mol. The van der Waals surface area contributed by atoms with E-state index in [2.05, 4.69) is 4.98 Å². The van der Waals surface area contributed by atoms with Gasteiger partial charge in [-0.3, -0.25) is 4.79 Å². The summed E-state index contributed by atoms with van der Waals surface area (Å²) in [6.07, 6.45) is -4.96. The Bertz CT molecular complexity index is 969. The Kier molecular flexibility index (Phi) is 4.00. The molecule has 3 rings (SSSR count). The maximum absolute atomic E-state index is 13.3. The number of rotatable bonds is 3. The van der Waals surface area contributed by atoms with Gasteiger partial charge in [0.05, 0.1) is 11.6 Å². The molecule has 0 aliphatic heterocycles. The van der Waals surface area contributed by atoms with Crippen molar-refractivity contribution in [2.24, 2.45) is 0 Å². The van der Waals surface area contributed by atoms with E-state index < -0.39 is 34.8 Å². The molecule has 4 nitrogen and oxygen atoms in total. The molecule has 0 fully saturated rings. The molecule has 3 aromatic rings. The average molecular weight is 348 g/mol. The van der Waals surface area contributed by atoms with Crippen molar-refractivity contribution in [2.45, 2.75) is 12.1 Å². The number of nitrogens with zero attached hydrogens (tertiary/aromatic N) is 2. The Labute approximate surface area is 138 Å². The summed E-state index contributed by atoms with van der Waals surface area (Å²) >= 11 is 0. The van der Waals surface area contributed by atoms with Crippen LogP contribution in [0.4, 0.5) is 17.6 Å². The molecule has 25 heavy (non-hydrogen) atoms. The van der Waals surface area contributed by atoms with Crippen LogP contribution in [0.3, 0.4) is 0 Å². The second-order valence-corrected chi connectivity index (χ2v) is 5.14. The third-order valence-electron chi connectivity index (χ3n) is 3.50. The first kappa shape index (κ1) is 16.6. The van der Waals surface area contributed by atoms with Crippen LogP contribution >= 0.6 is 0 Å². The van der Waals surface area contributed by atoms with E-state index in [9.17, 15) is 27.6 Å². The van der Waals surface area contributed by atoms with Crippen LogP contribution in [0.15, 0.2) is 46.9 Å². The quantitative estimate of drug-likeness (QED) is 0.517. The van der Waals surface area contributed by atoms with Gasteiger partial charge in [0.2, 0.25) is 5.89 Å². The number of aromatic nitrogens is 1. The number of alkyl halides is 3. The van der Waals surface area contributed by atoms with Crippen molar-refractivity contribution in [1.29, 1.82) is 5.26 Å². The molecule has 0 aliphatic rings. The predicted molar refractivity (Wildman–Crippen MR) is 78.1 cm³/mol. The van der Waals surface area contributed by atoms with Crippen LogP contribution in [-0.2, 0) is 6.18 Å². The standard InChI is InChI=1S/C17H8F4N2O2/c18-12-6-5-9(7-11(12)17(19,20)21)15(24)10(8-22)16-23-13-3-1-2-4-14(13)25-16/h1-7,10H/t10-/m1/s1. The van der Waals surface area contributed by atoms with Gasteiger partial charge < -0.3 is 4.42 Å². The largest absolute Gasteiger partial charge is 0.439 e. The van der Waals surface area contributed by atoms with Crippen LogP contribution in [-0.4, -0.2) is 10.8 Å². The Morgan fingerprint density at radius 1 is 1.20 bits per heavy atom. The van der Waals surface area contributed by atoms with Crippen LogP contribution in [0.2, 0.25) is 0 Å². The lowest BCUT2D eigenvalue weighted by molar-refractivity contribution is -0.140. The van der Waals surface area contributed by atoms with Crippen LogP contribution in [0.5, 0.6) is 0 Å². The molecular formula is C17H8F4N2O2. The third kappa shape index (κ3) is 3.08. The molecule has 1 atom stereocenters. The van der Waals surface area contributed by atoms with Gasteiger partial charge in [-0.15, -0.1) is 0 Å². The molecule has 1 heterocycles. The van der Waals surface area contributed by atoms with Crippen LogP contribution < -0.4 is 0 Å². The molecule has 0 aliphatic carbocycles. The number of carbonyl (C=O) groups is 1. The van der Waals surface area contributed by atoms with Gasteiger partial charge in [-0.2, -0.15) is 18.4 Å². The van der Waals surface area contributed by atoms with Gasteiger partial charge >= 0.3 is 6.18 Å². The summed E-state index contributed by atoms with van der Waals surface area (Å²) in [5.41, 5.74) is -1.29. The molecule has 1 aromatic heterocycles.